The minimum atomic E-state index is -0.176. The summed E-state index contributed by atoms with van der Waals surface area (Å²) >= 11 is 0. The standard InChI is InChI=1S/C62H52N3O.Pt/c1-61(2,3)49-36-47(35-48(37-49)55-38-46(33-34-63-55)43-31-29-42(30-32-43)41-19-10-7-11-20-41)50-26-18-27-56-59(50)64-60(51-25-16-17-28-58(51)66)65(56)57-40-52(44-21-12-8-13-22-44)54(62(4,5)6)39-53(57)45-23-14-9-15-24-45;/h7-34,36-40,66H,1-6H3;/q-1;. The molecular formula is C62H52N3OPt-. The number of phenols is 1. The van der Waals surface area contributed by atoms with Crippen LogP contribution < -0.4 is 0 Å². The molecule has 67 heavy (non-hydrogen) atoms. The molecule has 0 spiro atoms. The number of rotatable bonds is 8. The molecule has 0 fully saturated rings. The molecule has 0 unspecified atom stereocenters. The van der Waals surface area contributed by atoms with Crippen LogP contribution in [-0.2, 0) is 31.9 Å². The van der Waals surface area contributed by atoms with Crippen molar-refractivity contribution in [2.24, 2.45) is 0 Å². The number of pyridine rings is 1. The van der Waals surface area contributed by atoms with E-state index < -0.39 is 0 Å². The average molecular weight is 1050 g/mol. The van der Waals surface area contributed by atoms with Gasteiger partial charge in [-0.2, -0.15) is 0 Å². The van der Waals surface area contributed by atoms with Crippen LogP contribution in [0.3, 0.4) is 0 Å². The maximum absolute atomic E-state index is 11.6. The third-order valence-electron chi connectivity index (χ3n) is 12.6. The Labute approximate surface area is 409 Å². The number of para-hydroxylation sites is 2. The smallest absolute Gasteiger partial charge is 0.148 e. The fraction of sp³-hybridized carbons (Fsp3) is 0.129. The van der Waals surface area contributed by atoms with Crippen LogP contribution in [0.5, 0.6) is 5.75 Å². The van der Waals surface area contributed by atoms with Crippen molar-refractivity contribution in [3.63, 3.8) is 0 Å². The van der Waals surface area contributed by atoms with Crippen molar-refractivity contribution in [3.8, 4) is 89.7 Å². The molecular weight excluding hydrogens is 998 g/mol. The normalized spacial score (nSPS) is 11.7. The van der Waals surface area contributed by atoms with Gasteiger partial charge in [-0.15, -0.1) is 29.3 Å². The summed E-state index contributed by atoms with van der Waals surface area (Å²) < 4.78 is 2.25. The van der Waals surface area contributed by atoms with Gasteiger partial charge in [0, 0.05) is 38.5 Å². The molecule has 10 aromatic rings. The first-order valence-electron chi connectivity index (χ1n) is 22.7. The molecule has 4 nitrogen and oxygen atoms in total. The Morgan fingerprint density at radius 2 is 1.01 bits per heavy atom. The number of benzene rings is 8. The maximum atomic E-state index is 11.6. The zero-order chi connectivity index (χ0) is 45.6. The van der Waals surface area contributed by atoms with Crippen LogP contribution in [0.4, 0.5) is 0 Å². The van der Waals surface area contributed by atoms with Crippen LogP contribution in [0.2, 0.25) is 0 Å². The number of hydrogen-bond acceptors (Lipinski definition) is 3. The predicted molar refractivity (Wildman–Crippen MR) is 275 cm³/mol. The summed E-state index contributed by atoms with van der Waals surface area (Å²) in [5, 5.41) is 11.6. The van der Waals surface area contributed by atoms with E-state index >= 15 is 0 Å². The van der Waals surface area contributed by atoms with E-state index in [2.05, 4.69) is 216 Å². The molecule has 2 aromatic heterocycles. The Bertz CT molecular complexity index is 3360. The number of fused-ring (bicyclic) bond motifs is 1. The number of aromatic hydroxyl groups is 1. The van der Waals surface area contributed by atoms with Crippen LogP contribution in [0.25, 0.3) is 95.0 Å². The number of phenolic OH excluding ortho intramolecular Hbond substituents is 1. The molecule has 0 radical (unpaired) electrons. The number of nitrogens with zero attached hydrogens (tertiary/aromatic N) is 3. The molecule has 0 saturated heterocycles. The average Bonchev–Trinajstić information content (AvgIpc) is 3.73. The summed E-state index contributed by atoms with van der Waals surface area (Å²) in [5.74, 6) is 0.811. The molecule has 10 rings (SSSR count). The molecule has 0 aliphatic heterocycles. The third-order valence-corrected chi connectivity index (χ3v) is 12.6. The number of aromatic nitrogens is 3. The fourth-order valence-electron chi connectivity index (χ4n) is 9.03. The van der Waals surface area contributed by atoms with Crippen molar-refractivity contribution < 1.29 is 26.2 Å². The van der Waals surface area contributed by atoms with Crippen molar-refractivity contribution in [2.45, 2.75) is 52.4 Å². The van der Waals surface area contributed by atoms with Gasteiger partial charge in [-0.05, 0) is 91.7 Å². The van der Waals surface area contributed by atoms with Gasteiger partial charge in [0.15, 0.2) is 0 Å². The van der Waals surface area contributed by atoms with Gasteiger partial charge < -0.3 is 5.11 Å². The van der Waals surface area contributed by atoms with Crippen molar-refractivity contribution in [1.29, 1.82) is 0 Å². The molecule has 0 aliphatic rings. The third kappa shape index (κ3) is 8.95. The first kappa shape index (κ1) is 45.0. The van der Waals surface area contributed by atoms with Crippen molar-refractivity contribution in [3.05, 3.63) is 218 Å². The summed E-state index contributed by atoms with van der Waals surface area (Å²) in [7, 11) is 0. The van der Waals surface area contributed by atoms with Crippen LogP contribution in [0.15, 0.2) is 200 Å². The van der Waals surface area contributed by atoms with Gasteiger partial charge in [0.1, 0.15) is 11.6 Å². The van der Waals surface area contributed by atoms with Gasteiger partial charge in [0.05, 0.1) is 22.3 Å². The Balaban J connectivity index is 0.00000562. The van der Waals surface area contributed by atoms with Gasteiger partial charge >= 0.3 is 0 Å². The molecule has 0 bridgehead atoms. The second kappa shape index (κ2) is 18.3. The molecule has 0 saturated carbocycles. The van der Waals surface area contributed by atoms with Crippen LogP contribution in [-0.4, -0.2) is 19.6 Å². The van der Waals surface area contributed by atoms with E-state index in [9.17, 15) is 5.11 Å². The van der Waals surface area contributed by atoms with Gasteiger partial charge in [-0.1, -0.05) is 198 Å². The minimum absolute atomic E-state index is 0. The molecule has 0 atom stereocenters. The Kier molecular flexibility index (Phi) is 12.3. The molecule has 8 aromatic carbocycles. The Hall–Kier alpha value is -7.13. The van der Waals surface area contributed by atoms with Gasteiger partial charge in [0.25, 0.3) is 0 Å². The summed E-state index contributed by atoms with van der Waals surface area (Å²) in [4.78, 5) is 10.5. The zero-order valence-corrected chi connectivity index (χ0v) is 40.9. The molecule has 5 heteroatoms. The fourth-order valence-corrected chi connectivity index (χ4v) is 9.03. The van der Waals surface area contributed by atoms with Gasteiger partial charge in [0.2, 0.25) is 0 Å². The molecule has 1 N–H and O–H groups in total. The summed E-state index contributed by atoms with van der Waals surface area (Å²) in [5.41, 5.74) is 18.1. The first-order valence-corrected chi connectivity index (χ1v) is 22.7. The number of imidazole rings is 1. The van der Waals surface area contributed by atoms with Crippen molar-refractivity contribution in [1.82, 2.24) is 14.5 Å². The molecule has 0 amide bonds. The summed E-state index contributed by atoms with van der Waals surface area (Å²) in [6.45, 7) is 13.6. The molecule has 332 valence electrons. The maximum Gasteiger partial charge on any atom is 0.148 e. The van der Waals surface area contributed by atoms with E-state index in [0.717, 1.165) is 72.5 Å². The first-order chi connectivity index (χ1) is 31.9. The second-order valence-electron chi connectivity index (χ2n) is 19.2. The van der Waals surface area contributed by atoms with Crippen LogP contribution in [0, 0.1) is 6.07 Å². The number of hydrogen-bond donors (Lipinski definition) is 1. The second-order valence-corrected chi connectivity index (χ2v) is 19.2. The summed E-state index contributed by atoms with van der Waals surface area (Å²) in [6.07, 6.45) is 1.90. The topological polar surface area (TPSA) is 50.9 Å². The SMILES string of the molecule is CC(C)(C)c1cc(-c2cc(-c3ccc(-c4ccccc4)cc3)ccn2)[c-]c(-c2cccc3c2nc(-c2ccccc2O)n3-c2cc(-c3ccccc3)c(C(C)(C)C)cc2-c2ccccc2)c1.[Pt]. The van der Waals surface area contributed by atoms with Crippen LogP contribution in [0.1, 0.15) is 52.7 Å². The van der Waals surface area contributed by atoms with Gasteiger partial charge in [-0.3, -0.25) is 9.55 Å². The van der Waals surface area contributed by atoms with Crippen molar-refractivity contribution in [2.75, 3.05) is 0 Å². The van der Waals surface area contributed by atoms with E-state index in [4.69, 9.17) is 9.97 Å². The van der Waals surface area contributed by atoms with E-state index in [0.29, 0.717) is 11.4 Å². The van der Waals surface area contributed by atoms with E-state index in [1.807, 2.05) is 30.5 Å². The van der Waals surface area contributed by atoms with Crippen molar-refractivity contribution >= 4 is 11.0 Å². The quantitative estimate of drug-likeness (QED) is 0.154. The van der Waals surface area contributed by atoms with Gasteiger partial charge in [-0.25, -0.2) is 4.98 Å². The predicted octanol–water partition coefficient (Wildman–Crippen LogP) is 16.2. The minimum Gasteiger partial charge on any atom is -0.507 e. The molecule has 2 heterocycles. The zero-order valence-electron chi connectivity index (χ0n) is 38.7. The summed E-state index contributed by atoms with van der Waals surface area (Å²) in [6, 6.07) is 71.6. The Morgan fingerprint density at radius 1 is 0.463 bits per heavy atom. The van der Waals surface area contributed by atoms with E-state index in [1.54, 1.807) is 6.07 Å². The monoisotopic (exact) mass is 1050 g/mol. The van der Waals surface area contributed by atoms with E-state index in [1.165, 1.54) is 22.3 Å². The largest absolute Gasteiger partial charge is 0.507 e. The Morgan fingerprint density at radius 3 is 1.64 bits per heavy atom. The van der Waals surface area contributed by atoms with Crippen LogP contribution >= 0.6 is 0 Å². The van der Waals surface area contributed by atoms with E-state index in [-0.39, 0.29) is 37.6 Å². The molecule has 0 aliphatic carbocycles.